The molecule has 0 unspecified atom stereocenters. The Labute approximate surface area is 139 Å². The molecule has 4 nitrogen and oxygen atoms in total. The number of esters is 1. The zero-order valence-electron chi connectivity index (χ0n) is 12.9. The van der Waals surface area contributed by atoms with Crippen molar-refractivity contribution in [1.29, 1.82) is 0 Å². The normalized spacial score (nSPS) is 10.0. The van der Waals surface area contributed by atoms with Gasteiger partial charge in [0, 0.05) is 11.4 Å². The first kappa shape index (κ1) is 16.9. The Balaban J connectivity index is 2.03. The molecule has 0 spiro atoms. The van der Waals surface area contributed by atoms with E-state index in [-0.39, 0.29) is 11.8 Å². The standard InChI is InChI=1S/C17H17FN2O2S/c1-3-22-16(21)12-4-9-15(11(2)10-12)20-17(23)19-14-7-5-13(18)6-8-14/h4-10H,3H2,1-2H3,(H2,19,20,23). The van der Waals surface area contributed by atoms with Crippen LogP contribution < -0.4 is 10.6 Å². The Kier molecular flexibility index (Phi) is 5.65. The van der Waals surface area contributed by atoms with Gasteiger partial charge in [-0.15, -0.1) is 0 Å². The van der Waals surface area contributed by atoms with Crippen LogP contribution in [0.15, 0.2) is 42.5 Å². The fourth-order valence-corrected chi connectivity index (χ4v) is 2.19. The summed E-state index contributed by atoms with van der Waals surface area (Å²) < 4.78 is 17.8. The number of benzene rings is 2. The fraction of sp³-hybridized carbons (Fsp3) is 0.176. The van der Waals surface area contributed by atoms with E-state index < -0.39 is 0 Å². The number of anilines is 2. The maximum Gasteiger partial charge on any atom is 0.338 e. The Hall–Kier alpha value is -2.47. The summed E-state index contributed by atoms with van der Waals surface area (Å²) in [6.45, 7) is 3.97. The van der Waals surface area contributed by atoms with Gasteiger partial charge in [-0.1, -0.05) is 0 Å². The van der Waals surface area contributed by atoms with Gasteiger partial charge in [-0.2, -0.15) is 0 Å². The van der Waals surface area contributed by atoms with Crippen LogP contribution >= 0.6 is 12.2 Å². The highest BCUT2D eigenvalue weighted by molar-refractivity contribution is 7.80. The van der Waals surface area contributed by atoms with E-state index in [1.807, 2.05) is 6.92 Å². The van der Waals surface area contributed by atoms with Crippen LogP contribution in [0.2, 0.25) is 0 Å². The molecule has 0 aliphatic carbocycles. The van der Waals surface area contributed by atoms with Gasteiger partial charge in [0.25, 0.3) is 0 Å². The molecule has 2 N–H and O–H groups in total. The lowest BCUT2D eigenvalue weighted by molar-refractivity contribution is 0.0526. The van der Waals surface area contributed by atoms with E-state index in [0.29, 0.717) is 23.0 Å². The van der Waals surface area contributed by atoms with Crippen molar-refractivity contribution in [1.82, 2.24) is 0 Å². The molecule has 0 radical (unpaired) electrons. The molecule has 23 heavy (non-hydrogen) atoms. The van der Waals surface area contributed by atoms with Crippen LogP contribution in [0.25, 0.3) is 0 Å². The highest BCUT2D eigenvalue weighted by atomic mass is 32.1. The van der Waals surface area contributed by atoms with Crippen LogP contribution in [0.5, 0.6) is 0 Å². The molecule has 6 heteroatoms. The average molecular weight is 332 g/mol. The van der Waals surface area contributed by atoms with Gasteiger partial charge in [-0.3, -0.25) is 0 Å². The first-order valence-electron chi connectivity index (χ1n) is 7.11. The first-order chi connectivity index (χ1) is 11.0. The third-order valence-electron chi connectivity index (χ3n) is 3.09. The van der Waals surface area contributed by atoms with Crippen molar-refractivity contribution < 1.29 is 13.9 Å². The number of hydrogen-bond donors (Lipinski definition) is 2. The minimum absolute atomic E-state index is 0.306. The van der Waals surface area contributed by atoms with Gasteiger partial charge in [0.1, 0.15) is 5.82 Å². The lowest BCUT2D eigenvalue weighted by atomic mass is 10.1. The van der Waals surface area contributed by atoms with E-state index in [1.165, 1.54) is 12.1 Å². The molecule has 0 aromatic heterocycles. The Morgan fingerprint density at radius 1 is 1.17 bits per heavy atom. The monoisotopic (exact) mass is 332 g/mol. The van der Waals surface area contributed by atoms with E-state index in [0.717, 1.165) is 11.3 Å². The molecule has 0 heterocycles. The number of nitrogens with one attached hydrogen (secondary N) is 2. The SMILES string of the molecule is CCOC(=O)c1ccc(NC(=S)Nc2ccc(F)cc2)c(C)c1. The molecule has 120 valence electrons. The molecule has 2 aromatic rings. The molecule has 0 aliphatic rings. The summed E-state index contributed by atoms with van der Waals surface area (Å²) in [5.41, 5.74) is 2.81. The van der Waals surface area contributed by atoms with Crippen LogP contribution in [0.1, 0.15) is 22.8 Å². The van der Waals surface area contributed by atoms with E-state index in [1.54, 1.807) is 37.3 Å². The van der Waals surface area contributed by atoms with E-state index in [9.17, 15) is 9.18 Å². The number of hydrogen-bond acceptors (Lipinski definition) is 3. The Morgan fingerprint density at radius 2 is 1.87 bits per heavy atom. The largest absolute Gasteiger partial charge is 0.462 e. The predicted molar refractivity (Wildman–Crippen MR) is 93.4 cm³/mol. The maximum absolute atomic E-state index is 12.9. The predicted octanol–water partition coefficient (Wildman–Crippen LogP) is 4.12. The summed E-state index contributed by atoms with van der Waals surface area (Å²) in [4.78, 5) is 11.7. The van der Waals surface area contributed by atoms with Crippen molar-refractivity contribution in [3.05, 3.63) is 59.4 Å². The minimum Gasteiger partial charge on any atom is -0.462 e. The fourth-order valence-electron chi connectivity index (χ4n) is 1.96. The topological polar surface area (TPSA) is 50.4 Å². The van der Waals surface area contributed by atoms with Gasteiger partial charge in [-0.25, -0.2) is 9.18 Å². The third-order valence-corrected chi connectivity index (χ3v) is 3.29. The molecule has 0 bridgehead atoms. The van der Waals surface area contributed by atoms with Crippen LogP contribution in [-0.2, 0) is 4.74 Å². The van der Waals surface area contributed by atoms with E-state index in [4.69, 9.17) is 17.0 Å². The van der Waals surface area contributed by atoms with Crippen molar-refractivity contribution in [3.63, 3.8) is 0 Å². The van der Waals surface area contributed by atoms with Crippen molar-refractivity contribution in [2.24, 2.45) is 0 Å². The summed E-state index contributed by atoms with van der Waals surface area (Å²) in [5, 5.41) is 6.39. The molecule has 2 aromatic carbocycles. The molecule has 0 saturated carbocycles. The number of rotatable bonds is 4. The summed E-state index contributed by atoms with van der Waals surface area (Å²) in [7, 11) is 0. The van der Waals surface area contributed by atoms with Crippen LogP contribution in [0.4, 0.5) is 15.8 Å². The number of aryl methyl sites for hydroxylation is 1. The van der Waals surface area contributed by atoms with Gasteiger partial charge < -0.3 is 15.4 Å². The lowest BCUT2D eigenvalue weighted by Crippen LogP contribution is -2.19. The molecular formula is C17H17FN2O2S. The molecule has 0 saturated heterocycles. The summed E-state index contributed by atoms with van der Waals surface area (Å²) in [6, 6.07) is 11.1. The van der Waals surface area contributed by atoms with Crippen LogP contribution in [0.3, 0.4) is 0 Å². The van der Waals surface area contributed by atoms with Crippen molar-refractivity contribution in [3.8, 4) is 0 Å². The van der Waals surface area contributed by atoms with E-state index >= 15 is 0 Å². The number of carbonyl (C=O) groups excluding carboxylic acids is 1. The maximum atomic E-state index is 12.9. The molecule has 0 aliphatic heterocycles. The number of carbonyl (C=O) groups is 1. The van der Waals surface area contributed by atoms with Gasteiger partial charge in [0.15, 0.2) is 5.11 Å². The van der Waals surface area contributed by atoms with Gasteiger partial charge in [-0.05, 0) is 74.1 Å². The summed E-state index contributed by atoms with van der Waals surface area (Å²) in [5.74, 6) is -0.658. The van der Waals surface area contributed by atoms with E-state index in [2.05, 4.69) is 10.6 Å². The summed E-state index contributed by atoms with van der Waals surface area (Å²) >= 11 is 5.23. The first-order valence-corrected chi connectivity index (χ1v) is 7.51. The van der Waals surface area contributed by atoms with Crippen molar-refractivity contribution in [2.45, 2.75) is 13.8 Å². The zero-order valence-corrected chi connectivity index (χ0v) is 13.7. The Morgan fingerprint density at radius 3 is 2.48 bits per heavy atom. The zero-order chi connectivity index (χ0) is 16.8. The molecule has 2 rings (SSSR count). The second-order valence-electron chi connectivity index (χ2n) is 4.84. The molecule has 0 amide bonds. The van der Waals surface area contributed by atoms with Crippen molar-refractivity contribution >= 4 is 34.7 Å². The second-order valence-corrected chi connectivity index (χ2v) is 5.24. The third kappa shape index (κ3) is 4.75. The quantitative estimate of drug-likeness (QED) is 0.651. The molecular weight excluding hydrogens is 315 g/mol. The average Bonchev–Trinajstić information content (AvgIpc) is 2.52. The van der Waals surface area contributed by atoms with Gasteiger partial charge in [0.05, 0.1) is 12.2 Å². The second kappa shape index (κ2) is 7.69. The number of thiocarbonyl (C=S) groups is 1. The van der Waals surface area contributed by atoms with Crippen molar-refractivity contribution in [2.75, 3.05) is 17.2 Å². The lowest BCUT2D eigenvalue weighted by Gasteiger charge is -2.13. The minimum atomic E-state index is -0.353. The van der Waals surface area contributed by atoms with Crippen LogP contribution in [0, 0.1) is 12.7 Å². The number of ether oxygens (including phenoxy) is 1. The number of halogens is 1. The van der Waals surface area contributed by atoms with Gasteiger partial charge >= 0.3 is 5.97 Å². The smallest absolute Gasteiger partial charge is 0.338 e. The molecule has 0 atom stereocenters. The van der Waals surface area contributed by atoms with Gasteiger partial charge in [0.2, 0.25) is 0 Å². The van der Waals surface area contributed by atoms with Crippen LogP contribution in [-0.4, -0.2) is 17.7 Å². The Bertz CT molecular complexity index is 717. The highest BCUT2D eigenvalue weighted by Crippen LogP contribution is 2.18. The summed E-state index contributed by atoms with van der Waals surface area (Å²) in [6.07, 6.45) is 0. The molecule has 0 fully saturated rings. The highest BCUT2D eigenvalue weighted by Gasteiger charge is 2.09.